The van der Waals surface area contributed by atoms with E-state index in [1.54, 1.807) is 18.2 Å². The molecule has 0 atom stereocenters. The molecule has 1 fully saturated rings. The van der Waals surface area contributed by atoms with Crippen LogP contribution in [0.5, 0.6) is 11.5 Å². The van der Waals surface area contributed by atoms with Gasteiger partial charge in [0.05, 0.1) is 16.0 Å². The number of amides is 3. The zero-order valence-corrected chi connectivity index (χ0v) is 17.1. The summed E-state index contributed by atoms with van der Waals surface area (Å²) in [7, 11) is 0. The second-order valence-electron chi connectivity index (χ2n) is 6.75. The van der Waals surface area contributed by atoms with Gasteiger partial charge in [-0.25, -0.2) is 0 Å². The average Bonchev–Trinajstić information content (AvgIpc) is 3.32. The molecule has 166 valence electrons. The third-order valence-corrected chi connectivity index (χ3v) is 5.57. The fourth-order valence-electron chi connectivity index (χ4n) is 3.15. The number of rotatable bonds is 5. The minimum absolute atomic E-state index is 0.106. The topological polar surface area (TPSA) is 84.9 Å². The highest BCUT2D eigenvalue weighted by atomic mass is 32.2. The van der Waals surface area contributed by atoms with Crippen molar-refractivity contribution in [3.63, 3.8) is 0 Å². The van der Waals surface area contributed by atoms with Crippen LogP contribution in [-0.2, 0) is 11.0 Å². The van der Waals surface area contributed by atoms with E-state index in [2.05, 4.69) is 5.32 Å². The van der Waals surface area contributed by atoms with Gasteiger partial charge in [-0.3, -0.25) is 19.3 Å². The zero-order valence-electron chi connectivity index (χ0n) is 16.3. The standard InChI is InChI=1S/C21H15F3N2O5S/c22-21(23,24)14-4-2-1-3-13(14)18(27)25-7-8-26-19(28)17(32-20(26)29)10-12-5-6-15-16(9-12)31-11-30-15/h1-6,9-10H,7-8,11H2,(H,25,27)/b17-10+. The quantitative estimate of drug-likeness (QED) is 0.676. The predicted molar refractivity (Wildman–Crippen MR) is 109 cm³/mol. The van der Waals surface area contributed by atoms with E-state index in [4.69, 9.17) is 9.47 Å². The number of thioether (sulfide) groups is 1. The lowest BCUT2D eigenvalue weighted by Crippen LogP contribution is -2.37. The summed E-state index contributed by atoms with van der Waals surface area (Å²) >= 11 is 0.736. The molecular weight excluding hydrogens is 449 g/mol. The Morgan fingerprint density at radius 3 is 2.66 bits per heavy atom. The van der Waals surface area contributed by atoms with Gasteiger partial charge in [0.2, 0.25) is 6.79 Å². The molecule has 32 heavy (non-hydrogen) atoms. The Morgan fingerprint density at radius 2 is 1.88 bits per heavy atom. The SMILES string of the molecule is O=C(NCCN1C(=O)S/C(=C/c2ccc3c(c2)OCO3)C1=O)c1ccccc1C(F)(F)F. The maximum Gasteiger partial charge on any atom is 0.417 e. The molecule has 0 bridgehead atoms. The van der Waals surface area contributed by atoms with Crippen molar-refractivity contribution in [3.05, 3.63) is 64.1 Å². The molecule has 0 aromatic heterocycles. The van der Waals surface area contributed by atoms with Gasteiger partial charge < -0.3 is 14.8 Å². The first kappa shape index (κ1) is 21.8. The first-order valence-corrected chi connectivity index (χ1v) is 10.1. The van der Waals surface area contributed by atoms with Crippen LogP contribution in [0, 0.1) is 0 Å². The molecule has 4 rings (SSSR count). The number of hydrogen-bond acceptors (Lipinski definition) is 6. The molecule has 0 radical (unpaired) electrons. The monoisotopic (exact) mass is 464 g/mol. The maximum atomic E-state index is 13.1. The number of carbonyl (C=O) groups is 3. The molecule has 0 saturated carbocycles. The zero-order chi connectivity index (χ0) is 22.9. The van der Waals surface area contributed by atoms with Crippen LogP contribution in [0.3, 0.4) is 0 Å². The molecule has 0 aliphatic carbocycles. The molecule has 2 aromatic rings. The van der Waals surface area contributed by atoms with Crippen molar-refractivity contribution < 1.29 is 37.0 Å². The summed E-state index contributed by atoms with van der Waals surface area (Å²) in [6.07, 6.45) is -3.15. The van der Waals surface area contributed by atoms with Crippen LogP contribution in [0.25, 0.3) is 6.08 Å². The van der Waals surface area contributed by atoms with Crippen molar-refractivity contribution in [2.24, 2.45) is 0 Å². The van der Waals surface area contributed by atoms with Gasteiger partial charge >= 0.3 is 6.18 Å². The summed E-state index contributed by atoms with van der Waals surface area (Å²) in [5.74, 6) is -0.388. The molecule has 0 unspecified atom stereocenters. The number of fused-ring (bicyclic) bond motifs is 1. The summed E-state index contributed by atoms with van der Waals surface area (Å²) in [5, 5.41) is 1.79. The average molecular weight is 464 g/mol. The van der Waals surface area contributed by atoms with Gasteiger partial charge in [-0.2, -0.15) is 13.2 Å². The van der Waals surface area contributed by atoms with Gasteiger partial charge in [-0.15, -0.1) is 0 Å². The lowest BCUT2D eigenvalue weighted by Gasteiger charge is -2.15. The third-order valence-electron chi connectivity index (χ3n) is 4.67. The van der Waals surface area contributed by atoms with E-state index in [9.17, 15) is 27.6 Å². The lowest BCUT2D eigenvalue weighted by atomic mass is 10.1. The number of nitrogens with one attached hydrogen (secondary N) is 1. The highest BCUT2D eigenvalue weighted by molar-refractivity contribution is 8.18. The Morgan fingerprint density at radius 1 is 1.12 bits per heavy atom. The Labute approximate surface area is 184 Å². The van der Waals surface area contributed by atoms with E-state index in [0.29, 0.717) is 17.1 Å². The first-order valence-electron chi connectivity index (χ1n) is 9.33. The normalized spacial score (nSPS) is 16.7. The largest absolute Gasteiger partial charge is 0.454 e. The van der Waals surface area contributed by atoms with E-state index < -0.39 is 34.4 Å². The molecular formula is C21H15F3N2O5S. The Hall–Kier alpha value is -3.47. The highest BCUT2D eigenvalue weighted by Crippen LogP contribution is 2.36. The smallest absolute Gasteiger partial charge is 0.417 e. The lowest BCUT2D eigenvalue weighted by molar-refractivity contribution is -0.138. The number of alkyl halides is 3. The van der Waals surface area contributed by atoms with E-state index in [-0.39, 0.29) is 24.8 Å². The Kier molecular flexibility index (Phi) is 5.83. The second kappa shape index (κ2) is 8.58. The van der Waals surface area contributed by atoms with E-state index in [1.807, 2.05) is 0 Å². The molecule has 3 amide bonds. The summed E-state index contributed by atoms with van der Waals surface area (Å²) in [6.45, 7) is -0.266. The number of benzene rings is 2. The Balaban J connectivity index is 1.39. The predicted octanol–water partition coefficient (Wildman–Crippen LogP) is 3.90. The number of imide groups is 1. The number of carbonyl (C=O) groups excluding carboxylic acids is 3. The van der Waals surface area contributed by atoms with Gasteiger partial charge in [0.25, 0.3) is 17.1 Å². The minimum Gasteiger partial charge on any atom is -0.454 e. The number of hydrogen-bond donors (Lipinski definition) is 1. The molecule has 1 saturated heterocycles. The van der Waals surface area contributed by atoms with Crippen molar-refractivity contribution in [2.45, 2.75) is 6.18 Å². The van der Waals surface area contributed by atoms with Crippen LogP contribution in [-0.4, -0.2) is 41.8 Å². The number of halogens is 3. The number of nitrogens with zero attached hydrogens (tertiary/aromatic N) is 1. The third kappa shape index (κ3) is 4.42. The first-order chi connectivity index (χ1) is 15.2. The van der Waals surface area contributed by atoms with Crippen molar-refractivity contribution in [2.75, 3.05) is 19.9 Å². The molecule has 7 nitrogen and oxygen atoms in total. The van der Waals surface area contributed by atoms with Crippen LogP contribution in [0.15, 0.2) is 47.4 Å². The molecule has 2 aliphatic rings. The van der Waals surface area contributed by atoms with E-state index in [1.165, 1.54) is 18.2 Å². The fraction of sp³-hybridized carbons (Fsp3) is 0.190. The minimum atomic E-state index is -4.68. The van der Waals surface area contributed by atoms with E-state index in [0.717, 1.165) is 28.8 Å². The van der Waals surface area contributed by atoms with Crippen molar-refractivity contribution in [3.8, 4) is 11.5 Å². The van der Waals surface area contributed by atoms with Crippen LogP contribution in [0.4, 0.5) is 18.0 Å². The summed E-state index contributed by atoms with van der Waals surface area (Å²) in [5.41, 5.74) is -0.955. The molecule has 2 aromatic carbocycles. The van der Waals surface area contributed by atoms with Gasteiger partial charge in [0, 0.05) is 13.1 Å². The molecule has 0 spiro atoms. The number of ether oxygens (including phenoxy) is 2. The molecule has 11 heteroatoms. The van der Waals surface area contributed by atoms with Gasteiger partial charge in [-0.05, 0) is 47.7 Å². The van der Waals surface area contributed by atoms with Crippen molar-refractivity contribution in [1.29, 1.82) is 0 Å². The second-order valence-corrected chi connectivity index (χ2v) is 7.74. The Bertz CT molecular complexity index is 1130. The van der Waals surface area contributed by atoms with Gasteiger partial charge in [-0.1, -0.05) is 18.2 Å². The van der Waals surface area contributed by atoms with Crippen LogP contribution in [0.1, 0.15) is 21.5 Å². The summed E-state index contributed by atoms with van der Waals surface area (Å²) in [4.78, 5) is 38.1. The molecule has 2 aliphatic heterocycles. The van der Waals surface area contributed by atoms with Crippen LogP contribution >= 0.6 is 11.8 Å². The van der Waals surface area contributed by atoms with Gasteiger partial charge in [0.15, 0.2) is 11.5 Å². The highest BCUT2D eigenvalue weighted by Gasteiger charge is 2.36. The summed E-state index contributed by atoms with van der Waals surface area (Å²) in [6, 6.07) is 9.45. The van der Waals surface area contributed by atoms with Crippen molar-refractivity contribution in [1.82, 2.24) is 10.2 Å². The molecule has 1 N–H and O–H groups in total. The fourth-order valence-corrected chi connectivity index (χ4v) is 4.02. The summed E-state index contributed by atoms with van der Waals surface area (Å²) < 4.78 is 49.7. The van der Waals surface area contributed by atoms with Gasteiger partial charge in [0.1, 0.15) is 0 Å². The molecule has 2 heterocycles. The van der Waals surface area contributed by atoms with E-state index >= 15 is 0 Å². The van der Waals surface area contributed by atoms with Crippen LogP contribution in [0.2, 0.25) is 0 Å². The van der Waals surface area contributed by atoms with Crippen molar-refractivity contribution >= 4 is 34.9 Å². The van der Waals surface area contributed by atoms with Crippen LogP contribution < -0.4 is 14.8 Å². The maximum absolute atomic E-state index is 13.1.